The Labute approximate surface area is 174 Å². The normalized spacial score (nSPS) is 10.9. The summed E-state index contributed by atoms with van der Waals surface area (Å²) in [6.45, 7) is 12.6. The summed E-state index contributed by atoms with van der Waals surface area (Å²) >= 11 is 0. The van der Waals surface area contributed by atoms with E-state index in [-0.39, 0.29) is 30.3 Å². The van der Waals surface area contributed by atoms with E-state index in [2.05, 4.69) is 41.5 Å². The van der Waals surface area contributed by atoms with E-state index in [1.54, 1.807) is 24.3 Å². The second kappa shape index (κ2) is 9.80. The van der Waals surface area contributed by atoms with Crippen LogP contribution in [-0.2, 0) is 30.3 Å². The Balaban J connectivity index is 0.000000483. The fraction of sp³-hybridized carbons (Fsp3) is 0.364. The van der Waals surface area contributed by atoms with Crippen molar-refractivity contribution in [2.45, 2.75) is 52.4 Å². The molecule has 0 radical (unpaired) electrons. The first-order valence-corrected chi connectivity index (χ1v) is 8.50. The van der Waals surface area contributed by atoms with Gasteiger partial charge in [-0.15, -0.1) is 0 Å². The minimum Gasteiger partial charge on any atom is -0.478 e. The molecule has 2 aromatic carbocycles. The van der Waals surface area contributed by atoms with E-state index >= 15 is 0 Å². The number of carboxylic acid groups (broad SMARTS) is 2. The van der Waals surface area contributed by atoms with Gasteiger partial charge in [0.15, 0.2) is 0 Å². The van der Waals surface area contributed by atoms with Gasteiger partial charge in [0.2, 0.25) is 0 Å². The van der Waals surface area contributed by atoms with Gasteiger partial charge in [0.1, 0.15) is 0 Å². The van der Waals surface area contributed by atoms with Crippen molar-refractivity contribution in [3.8, 4) is 0 Å². The van der Waals surface area contributed by atoms with Gasteiger partial charge in [0, 0.05) is 19.5 Å². The number of hydrogen-bond donors (Lipinski definition) is 2. The summed E-state index contributed by atoms with van der Waals surface area (Å²) in [5.74, 6) is -1.75. The summed E-state index contributed by atoms with van der Waals surface area (Å²) in [6.07, 6.45) is 0. The van der Waals surface area contributed by atoms with Crippen molar-refractivity contribution >= 4 is 11.9 Å². The molecular weight excluding hydrogens is 394 g/mol. The maximum absolute atomic E-state index is 10.6. The second-order valence-electron chi connectivity index (χ2n) is 8.27. The molecule has 2 aromatic rings. The van der Waals surface area contributed by atoms with E-state index in [1.807, 2.05) is 24.3 Å². The third-order valence-electron chi connectivity index (χ3n) is 4.00. The summed E-state index contributed by atoms with van der Waals surface area (Å²) in [7, 11) is 0. The van der Waals surface area contributed by atoms with Crippen molar-refractivity contribution in [3.05, 3.63) is 70.8 Å². The van der Waals surface area contributed by atoms with Crippen molar-refractivity contribution in [1.29, 1.82) is 0 Å². The summed E-state index contributed by atoms with van der Waals surface area (Å²) in [4.78, 5) is 21.1. The SMILES string of the molecule is CC(C)(C)c1ccc(C(=O)O)cc1.CC(C)(C)c1ccc(C(=O)O)cc1.[Zn]. The number of carboxylic acids is 2. The van der Waals surface area contributed by atoms with Crippen LogP contribution in [0.3, 0.4) is 0 Å². The van der Waals surface area contributed by atoms with Crippen molar-refractivity contribution in [3.63, 3.8) is 0 Å². The Hall–Kier alpha value is -2.00. The molecule has 0 aromatic heterocycles. The first-order valence-electron chi connectivity index (χ1n) is 8.50. The first kappa shape index (κ1) is 25.0. The van der Waals surface area contributed by atoms with E-state index < -0.39 is 11.9 Å². The molecule has 0 atom stereocenters. The molecule has 0 unspecified atom stereocenters. The van der Waals surface area contributed by atoms with E-state index in [0.29, 0.717) is 11.1 Å². The van der Waals surface area contributed by atoms with E-state index in [4.69, 9.17) is 10.2 Å². The van der Waals surface area contributed by atoms with Crippen molar-refractivity contribution in [1.82, 2.24) is 0 Å². The molecule has 5 heteroatoms. The van der Waals surface area contributed by atoms with Crippen LogP contribution in [0, 0.1) is 0 Å². The standard InChI is InChI=1S/2C11H14O2.Zn/c2*1-11(2,3)9-6-4-8(5-7-9)10(12)13;/h2*4-7H,1-3H3,(H,12,13);. The molecule has 0 saturated heterocycles. The molecule has 0 aliphatic carbocycles. The summed E-state index contributed by atoms with van der Waals surface area (Å²) in [5, 5.41) is 17.4. The summed E-state index contributed by atoms with van der Waals surface area (Å²) < 4.78 is 0. The van der Waals surface area contributed by atoms with Crippen LogP contribution in [0.25, 0.3) is 0 Å². The van der Waals surface area contributed by atoms with Crippen molar-refractivity contribution in [2.75, 3.05) is 0 Å². The minimum atomic E-state index is -0.875. The van der Waals surface area contributed by atoms with E-state index in [9.17, 15) is 9.59 Å². The molecule has 0 amide bonds. The van der Waals surface area contributed by atoms with Crippen LogP contribution in [0.2, 0.25) is 0 Å². The number of carbonyl (C=O) groups is 2. The maximum Gasteiger partial charge on any atom is 0.335 e. The van der Waals surface area contributed by atoms with Gasteiger partial charge >= 0.3 is 11.9 Å². The zero-order valence-corrected chi connectivity index (χ0v) is 20.0. The number of rotatable bonds is 2. The summed E-state index contributed by atoms with van der Waals surface area (Å²) in [6, 6.07) is 14.0. The van der Waals surface area contributed by atoms with Gasteiger partial charge in [-0.1, -0.05) is 65.8 Å². The summed E-state index contributed by atoms with van der Waals surface area (Å²) in [5.41, 5.74) is 3.14. The molecular formula is C22H28O4Zn. The van der Waals surface area contributed by atoms with Gasteiger partial charge < -0.3 is 10.2 Å². The van der Waals surface area contributed by atoms with Gasteiger partial charge in [0.05, 0.1) is 11.1 Å². The Morgan fingerprint density at radius 1 is 0.593 bits per heavy atom. The molecule has 0 saturated carbocycles. The van der Waals surface area contributed by atoms with Crippen LogP contribution in [0.15, 0.2) is 48.5 Å². The van der Waals surface area contributed by atoms with Crippen LogP contribution in [0.4, 0.5) is 0 Å². The van der Waals surface area contributed by atoms with Gasteiger partial charge in [-0.25, -0.2) is 9.59 Å². The van der Waals surface area contributed by atoms with Crippen molar-refractivity contribution < 1.29 is 39.3 Å². The molecule has 4 nitrogen and oxygen atoms in total. The molecule has 142 valence electrons. The fourth-order valence-electron chi connectivity index (χ4n) is 2.23. The van der Waals surface area contributed by atoms with Crippen LogP contribution >= 0.6 is 0 Å². The van der Waals surface area contributed by atoms with E-state index in [1.165, 1.54) is 0 Å². The molecule has 0 fully saturated rings. The molecule has 0 spiro atoms. The van der Waals surface area contributed by atoms with E-state index in [0.717, 1.165) is 11.1 Å². The average Bonchev–Trinajstić information content (AvgIpc) is 2.54. The van der Waals surface area contributed by atoms with Crippen LogP contribution in [0.1, 0.15) is 73.4 Å². The molecule has 0 aliphatic rings. The Morgan fingerprint density at radius 3 is 0.963 bits per heavy atom. The van der Waals surface area contributed by atoms with Crippen LogP contribution in [-0.4, -0.2) is 22.2 Å². The predicted molar refractivity (Wildman–Crippen MR) is 104 cm³/mol. The van der Waals surface area contributed by atoms with Gasteiger partial charge in [-0.2, -0.15) is 0 Å². The van der Waals surface area contributed by atoms with Gasteiger partial charge in [-0.3, -0.25) is 0 Å². The Bertz CT molecular complexity index is 681. The van der Waals surface area contributed by atoms with Gasteiger partial charge in [0.25, 0.3) is 0 Å². The third-order valence-corrected chi connectivity index (χ3v) is 4.00. The zero-order valence-electron chi connectivity index (χ0n) is 17.0. The topological polar surface area (TPSA) is 74.6 Å². The van der Waals surface area contributed by atoms with Gasteiger partial charge in [-0.05, 0) is 46.2 Å². The number of benzene rings is 2. The molecule has 27 heavy (non-hydrogen) atoms. The second-order valence-corrected chi connectivity index (χ2v) is 8.27. The van der Waals surface area contributed by atoms with Crippen LogP contribution in [0.5, 0.6) is 0 Å². The molecule has 0 heterocycles. The third kappa shape index (κ3) is 8.05. The Kier molecular flexibility index (Phi) is 9.07. The zero-order chi connectivity index (χ0) is 20.1. The minimum absolute atomic E-state index is 0. The smallest absolute Gasteiger partial charge is 0.335 e. The molecule has 0 aliphatic heterocycles. The largest absolute Gasteiger partial charge is 0.478 e. The molecule has 0 bridgehead atoms. The quantitative estimate of drug-likeness (QED) is 0.640. The number of hydrogen-bond acceptors (Lipinski definition) is 2. The molecule has 2 rings (SSSR count). The fourth-order valence-corrected chi connectivity index (χ4v) is 2.23. The predicted octanol–water partition coefficient (Wildman–Crippen LogP) is 5.36. The Morgan fingerprint density at radius 2 is 0.815 bits per heavy atom. The first-order chi connectivity index (χ1) is 11.8. The average molecular weight is 422 g/mol. The van der Waals surface area contributed by atoms with Crippen molar-refractivity contribution in [2.24, 2.45) is 0 Å². The van der Waals surface area contributed by atoms with Crippen LogP contribution < -0.4 is 0 Å². The maximum atomic E-state index is 10.6. The number of aromatic carboxylic acids is 2. The molecule has 2 N–H and O–H groups in total. The monoisotopic (exact) mass is 420 g/mol.